The van der Waals surface area contributed by atoms with Crippen molar-refractivity contribution in [3.63, 3.8) is 0 Å². The second-order valence-electron chi connectivity index (χ2n) is 5.71. The molecule has 0 radical (unpaired) electrons. The number of hydrogen-bond acceptors (Lipinski definition) is 2. The third-order valence-electron chi connectivity index (χ3n) is 4.60. The first-order chi connectivity index (χ1) is 8.22. The molecule has 0 aliphatic heterocycles. The van der Waals surface area contributed by atoms with Gasteiger partial charge in [0.15, 0.2) is 0 Å². The van der Waals surface area contributed by atoms with E-state index in [0.29, 0.717) is 0 Å². The summed E-state index contributed by atoms with van der Waals surface area (Å²) >= 11 is 3.46. The summed E-state index contributed by atoms with van der Waals surface area (Å²) in [5, 5.41) is 0. The highest BCUT2D eigenvalue weighted by Gasteiger charge is 2.39. The van der Waals surface area contributed by atoms with Crippen LogP contribution < -0.4 is 5.73 Å². The number of nitrogens with two attached hydrogens (primary N) is 1. The fraction of sp³-hybridized carbons (Fsp3) is 0.643. The molecule has 0 amide bonds. The maximum Gasteiger partial charge on any atom is 0.0410 e. The van der Waals surface area contributed by atoms with Gasteiger partial charge in [0.05, 0.1) is 0 Å². The van der Waals surface area contributed by atoms with Crippen molar-refractivity contribution >= 4 is 15.9 Å². The van der Waals surface area contributed by atoms with Crippen molar-refractivity contribution in [2.75, 3.05) is 0 Å². The Balaban J connectivity index is 1.65. The smallest absolute Gasteiger partial charge is 0.0410 e. The van der Waals surface area contributed by atoms with Gasteiger partial charge in [0.1, 0.15) is 0 Å². The molecule has 3 rings (SSSR count). The Bertz CT molecular complexity index is 407. The van der Waals surface area contributed by atoms with Crippen molar-refractivity contribution in [1.29, 1.82) is 0 Å². The van der Waals surface area contributed by atoms with Crippen LogP contribution in [0.5, 0.6) is 0 Å². The van der Waals surface area contributed by atoms with Gasteiger partial charge in [-0.05, 0) is 71.0 Å². The summed E-state index contributed by atoms with van der Waals surface area (Å²) in [5.41, 5.74) is 7.48. The summed E-state index contributed by atoms with van der Waals surface area (Å²) in [6.45, 7) is 0. The Labute approximate surface area is 111 Å². The SMILES string of the molecule is NC(CC1CC2CCC1C2)c1cncc(Br)c1. The molecule has 0 aromatic carbocycles. The zero-order valence-electron chi connectivity index (χ0n) is 9.98. The zero-order chi connectivity index (χ0) is 11.8. The second kappa shape index (κ2) is 4.69. The summed E-state index contributed by atoms with van der Waals surface area (Å²) in [6, 6.07) is 2.26. The van der Waals surface area contributed by atoms with Crippen LogP contribution in [0.25, 0.3) is 0 Å². The number of rotatable bonds is 3. The Morgan fingerprint density at radius 1 is 1.35 bits per heavy atom. The average Bonchev–Trinajstić information content (AvgIpc) is 2.91. The van der Waals surface area contributed by atoms with Crippen molar-refractivity contribution in [2.45, 2.75) is 38.1 Å². The normalized spacial score (nSPS) is 32.9. The number of aromatic nitrogens is 1. The van der Waals surface area contributed by atoms with E-state index in [1.54, 1.807) is 0 Å². The molecule has 0 saturated heterocycles. The Kier molecular flexibility index (Phi) is 3.22. The molecule has 2 bridgehead atoms. The minimum absolute atomic E-state index is 0.157. The molecule has 2 fully saturated rings. The van der Waals surface area contributed by atoms with Crippen LogP contribution in [0.4, 0.5) is 0 Å². The maximum absolute atomic E-state index is 6.31. The van der Waals surface area contributed by atoms with Crippen LogP contribution in [0, 0.1) is 17.8 Å². The molecule has 1 aromatic heterocycles. The second-order valence-corrected chi connectivity index (χ2v) is 6.63. The minimum atomic E-state index is 0.157. The molecular weight excluding hydrogens is 276 g/mol. The van der Waals surface area contributed by atoms with Gasteiger partial charge < -0.3 is 5.73 Å². The van der Waals surface area contributed by atoms with Gasteiger partial charge in [0.25, 0.3) is 0 Å². The lowest BCUT2D eigenvalue weighted by Crippen LogP contribution is -2.19. The topological polar surface area (TPSA) is 38.9 Å². The molecule has 2 saturated carbocycles. The molecule has 2 aliphatic carbocycles. The Morgan fingerprint density at radius 3 is 2.88 bits per heavy atom. The third-order valence-corrected chi connectivity index (χ3v) is 5.03. The lowest BCUT2D eigenvalue weighted by molar-refractivity contribution is 0.296. The van der Waals surface area contributed by atoms with Gasteiger partial charge in [-0.25, -0.2) is 0 Å². The molecule has 4 unspecified atom stereocenters. The van der Waals surface area contributed by atoms with Crippen molar-refractivity contribution in [2.24, 2.45) is 23.5 Å². The predicted octanol–water partition coefficient (Wildman–Crippen LogP) is 3.67. The summed E-state index contributed by atoms with van der Waals surface area (Å²) < 4.78 is 1.03. The van der Waals surface area contributed by atoms with Gasteiger partial charge in [0.2, 0.25) is 0 Å². The quantitative estimate of drug-likeness (QED) is 0.924. The van der Waals surface area contributed by atoms with Crippen molar-refractivity contribution in [1.82, 2.24) is 4.98 Å². The van der Waals surface area contributed by atoms with Gasteiger partial charge >= 0.3 is 0 Å². The number of hydrogen-bond donors (Lipinski definition) is 1. The van der Waals surface area contributed by atoms with Crippen LogP contribution in [0.2, 0.25) is 0 Å². The van der Waals surface area contributed by atoms with Crippen LogP contribution in [-0.4, -0.2) is 4.98 Å². The summed E-state index contributed by atoms with van der Waals surface area (Å²) in [7, 11) is 0. The van der Waals surface area contributed by atoms with Crippen LogP contribution in [0.3, 0.4) is 0 Å². The molecule has 17 heavy (non-hydrogen) atoms. The molecule has 3 heteroatoms. The standard InChI is InChI=1S/C14H19BrN2/c15-13-5-12(7-17-8-13)14(16)6-11-4-9-1-2-10(11)3-9/h5,7-11,14H,1-4,6,16H2. The van der Waals surface area contributed by atoms with Crippen LogP contribution in [-0.2, 0) is 0 Å². The van der Waals surface area contributed by atoms with Crippen molar-refractivity contribution in [3.05, 3.63) is 28.5 Å². The van der Waals surface area contributed by atoms with E-state index in [2.05, 4.69) is 27.0 Å². The number of nitrogens with zero attached hydrogens (tertiary/aromatic N) is 1. The van der Waals surface area contributed by atoms with Crippen LogP contribution in [0.15, 0.2) is 22.9 Å². The predicted molar refractivity (Wildman–Crippen MR) is 72.4 cm³/mol. The van der Waals surface area contributed by atoms with E-state index < -0.39 is 0 Å². The van der Waals surface area contributed by atoms with E-state index in [4.69, 9.17) is 5.73 Å². The highest BCUT2D eigenvalue weighted by molar-refractivity contribution is 9.10. The van der Waals surface area contributed by atoms with Gasteiger partial charge in [0, 0.05) is 22.9 Å². The van der Waals surface area contributed by atoms with E-state index in [0.717, 1.165) is 28.6 Å². The fourth-order valence-corrected chi connectivity index (χ4v) is 4.14. The van der Waals surface area contributed by atoms with E-state index >= 15 is 0 Å². The zero-order valence-corrected chi connectivity index (χ0v) is 11.6. The van der Waals surface area contributed by atoms with E-state index in [-0.39, 0.29) is 6.04 Å². The summed E-state index contributed by atoms with van der Waals surface area (Å²) in [6.07, 6.45) is 10.7. The number of pyridine rings is 1. The summed E-state index contributed by atoms with van der Waals surface area (Å²) in [4.78, 5) is 4.20. The minimum Gasteiger partial charge on any atom is -0.324 e. The van der Waals surface area contributed by atoms with E-state index in [1.165, 1.54) is 31.2 Å². The molecule has 4 atom stereocenters. The first-order valence-corrected chi connectivity index (χ1v) is 7.37. The van der Waals surface area contributed by atoms with E-state index in [1.807, 2.05) is 12.4 Å². The molecule has 1 heterocycles. The third kappa shape index (κ3) is 2.41. The fourth-order valence-electron chi connectivity index (χ4n) is 3.76. The van der Waals surface area contributed by atoms with Crippen LogP contribution >= 0.6 is 15.9 Å². The average molecular weight is 295 g/mol. The van der Waals surface area contributed by atoms with Gasteiger partial charge in [-0.1, -0.05) is 6.42 Å². The molecule has 1 aromatic rings. The van der Waals surface area contributed by atoms with Crippen LogP contribution in [0.1, 0.15) is 43.7 Å². The highest BCUT2D eigenvalue weighted by Crippen LogP contribution is 2.50. The molecule has 92 valence electrons. The first kappa shape index (κ1) is 11.7. The van der Waals surface area contributed by atoms with Crippen molar-refractivity contribution in [3.8, 4) is 0 Å². The molecule has 2 N–H and O–H groups in total. The molecule has 2 aliphatic rings. The molecule has 0 spiro atoms. The maximum atomic E-state index is 6.31. The molecular formula is C14H19BrN2. The summed E-state index contributed by atoms with van der Waals surface area (Å²) in [5.74, 6) is 2.84. The molecule has 2 nitrogen and oxygen atoms in total. The van der Waals surface area contributed by atoms with E-state index in [9.17, 15) is 0 Å². The highest BCUT2D eigenvalue weighted by atomic mass is 79.9. The first-order valence-electron chi connectivity index (χ1n) is 6.58. The lowest BCUT2D eigenvalue weighted by Gasteiger charge is -2.24. The Morgan fingerprint density at radius 2 is 2.24 bits per heavy atom. The monoisotopic (exact) mass is 294 g/mol. The lowest BCUT2D eigenvalue weighted by atomic mass is 9.83. The Hall–Kier alpha value is -0.410. The van der Waals surface area contributed by atoms with Gasteiger partial charge in [-0.2, -0.15) is 0 Å². The van der Waals surface area contributed by atoms with Gasteiger partial charge in [-0.15, -0.1) is 0 Å². The van der Waals surface area contributed by atoms with Crippen molar-refractivity contribution < 1.29 is 0 Å². The number of fused-ring (bicyclic) bond motifs is 2. The largest absolute Gasteiger partial charge is 0.324 e. The van der Waals surface area contributed by atoms with Gasteiger partial charge in [-0.3, -0.25) is 4.98 Å². The number of halogens is 1.